The van der Waals surface area contributed by atoms with Crippen LogP contribution in [0.3, 0.4) is 0 Å². The van der Waals surface area contributed by atoms with Crippen molar-refractivity contribution in [1.29, 1.82) is 0 Å². The fourth-order valence-corrected chi connectivity index (χ4v) is 0.441. The van der Waals surface area contributed by atoms with Gasteiger partial charge in [0.05, 0.1) is 0 Å². The number of rotatable bonds is 2. The van der Waals surface area contributed by atoms with Crippen LogP contribution in [-0.4, -0.2) is 44.4 Å². The topological polar surface area (TPSA) is 357 Å². The number of hydrogen-bond donors (Lipinski definition) is 8. The Morgan fingerprint density at radius 2 is 0.917 bits per heavy atom. The maximum Gasteiger partial charge on any atom is 0.291 e. The summed E-state index contributed by atoms with van der Waals surface area (Å²) in [6, 6.07) is 0. The quantitative estimate of drug-likeness (QED) is 0.0767. The van der Waals surface area contributed by atoms with Gasteiger partial charge >= 0.3 is 0 Å². The molecule has 0 heterocycles. The predicted octanol–water partition coefficient (Wildman–Crippen LogP) is -4.25. The second-order valence-corrected chi connectivity index (χ2v) is 2.64. The first-order valence-electron chi connectivity index (χ1n) is 4.80. The lowest BCUT2D eigenvalue weighted by Crippen LogP contribution is -2.26. The molecule has 0 aliphatic carbocycles. The molecule has 0 radical (unpaired) electrons. The first-order chi connectivity index (χ1) is 10.9. The third kappa shape index (κ3) is 43.2. The van der Waals surface area contributed by atoms with Gasteiger partial charge in [0.2, 0.25) is 11.9 Å². The van der Waals surface area contributed by atoms with E-state index in [4.69, 9.17) is 65.0 Å². The second-order valence-electron chi connectivity index (χ2n) is 2.64. The lowest BCUT2D eigenvalue weighted by Gasteiger charge is -1.89. The van der Waals surface area contributed by atoms with Crippen LogP contribution in [0.2, 0.25) is 0 Å². The Morgan fingerprint density at radius 3 is 1.08 bits per heavy atom. The molecule has 0 bridgehead atoms. The second kappa shape index (κ2) is 14.9. The Morgan fingerprint density at radius 1 is 0.708 bits per heavy atom. The maximum atomic E-state index is 8.36. The van der Waals surface area contributed by atoms with Crippen molar-refractivity contribution in [3.8, 4) is 0 Å². The molecular weight excluding hydrogens is 340 g/mol. The summed E-state index contributed by atoms with van der Waals surface area (Å²) in [6.07, 6.45) is 0. The molecule has 0 aromatic rings. The summed E-state index contributed by atoms with van der Waals surface area (Å²) < 4.78 is 0. The summed E-state index contributed by atoms with van der Waals surface area (Å²) in [4.78, 5) is 23.4. The molecule has 20 heteroatoms. The van der Waals surface area contributed by atoms with E-state index in [9.17, 15) is 0 Å². The van der Waals surface area contributed by atoms with Crippen LogP contribution in [0.4, 0.5) is 0 Å². The Bertz CT molecular complexity index is 483. The van der Waals surface area contributed by atoms with Gasteiger partial charge in [0.1, 0.15) is 0 Å². The van der Waals surface area contributed by atoms with E-state index in [1.165, 1.54) is 0 Å². The molecule has 14 N–H and O–H groups in total. The van der Waals surface area contributed by atoms with Gasteiger partial charge in [-0.3, -0.25) is 0 Å². The van der Waals surface area contributed by atoms with Crippen molar-refractivity contribution in [2.45, 2.75) is 0 Å². The van der Waals surface area contributed by atoms with Crippen LogP contribution in [0.15, 0.2) is 30.6 Å². The Balaban J connectivity index is -0.000000457. The first kappa shape index (κ1) is 24.5. The van der Waals surface area contributed by atoms with Gasteiger partial charge in [0.15, 0.2) is 11.9 Å². The van der Waals surface area contributed by atoms with Crippen LogP contribution in [0.5, 0.6) is 0 Å². The molecule has 0 atom stereocenters. The first-order valence-corrected chi connectivity index (χ1v) is 4.80. The monoisotopic (exact) mass is 354 g/mol. The molecular formula is C4H14N14O6. The maximum absolute atomic E-state index is 8.36. The molecule has 0 unspecified atom stereocenters. The summed E-state index contributed by atoms with van der Waals surface area (Å²) in [7, 11) is 0. The van der Waals surface area contributed by atoms with E-state index in [-0.39, 0.29) is 23.8 Å². The lowest BCUT2D eigenvalue weighted by molar-refractivity contribution is -0.742. The fraction of sp³-hybridized carbons (Fsp3) is 0. The highest BCUT2D eigenvalue weighted by Gasteiger charge is 1.87. The van der Waals surface area contributed by atoms with Crippen molar-refractivity contribution in [2.75, 3.05) is 0 Å². The SMILES string of the molecule is NC(N)=NC(N)=NN=NN=C(N)N=C(N)N.O=[N+]([O-])O.O=[N+]([O-])O. The summed E-state index contributed by atoms with van der Waals surface area (Å²) in [5, 5.41) is 40.0. The molecule has 0 saturated heterocycles. The molecule has 0 rings (SSSR count). The van der Waals surface area contributed by atoms with Crippen LogP contribution < -0.4 is 34.4 Å². The molecule has 0 amide bonds. The summed E-state index contributed by atoms with van der Waals surface area (Å²) in [5.74, 6) is -1.11. The molecule has 0 aliphatic heterocycles. The zero-order valence-electron chi connectivity index (χ0n) is 11.6. The van der Waals surface area contributed by atoms with Crippen molar-refractivity contribution in [3.63, 3.8) is 0 Å². The van der Waals surface area contributed by atoms with Gasteiger partial charge in [-0.25, -0.2) is 0 Å². The van der Waals surface area contributed by atoms with E-state index < -0.39 is 10.2 Å². The lowest BCUT2D eigenvalue weighted by atomic mass is 10.9. The average molecular weight is 354 g/mol. The van der Waals surface area contributed by atoms with Gasteiger partial charge in [-0.15, -0.1) is 20.2 Å². The largest absolute Gasteiger partial charge is 0.370 e. The van der Waals surface area contributed by atoms with Crippen LogP contribution in [0.1, 0.15) is 0 Å². The molecule has 0 aromatic heterocycles. The van der Waals surface area contributed by atoms with E-state index in [0.29, 0.717) is 0 Å². The molecule has 0 aliphatic rings. The highest BCUT2D eigenvalue weighted by molar-refractivity contribution is 5.92. The standard InChI is InChI=1S/C4H12N12.2HNO3/c5-1(6)11-3(9)13-15-16-14-4(10)12-2(7)8;2*2-1(3)4/h(H6,5,6,9,11,13,16)(H6,7,8,10,12,14,15);2*(H,2,3,4). The van der Waals surface area contributed by atoms with E-state index in [1.807, 2.05) is 0 Å². The molecule has 0 fully saturated rings. The zero-order valence-corrected chi connectivity index (χ0v) is 11.6. The summed E-state index contributed by atoms with van der Waals surface area (Å²) in [6.45, 7) is 0. The van der Waals surface area contributed by atoms with Gasteiger partial charge < -0.3 is 44.8 Å². The third-order valence-corrected chi connectivity index (χ3v) is 0.822. The van der Waals surface area contributed by atoms with Crippen molar-refractivity contribution in [2.24, 2.45) is 65.0 Å². The Labute approximate surface area is 131 Å². The van der Waals surface area contributed by atoms with Crippen LogP contribution in [-0.2, 0) is 0 Å². The minimum atomic E-state index is -1.50. The van der Waals surface area contributed by atoms with Gasteiger partial charge in [-0.2, -0.15) is 9.98 Å². The number of aliphatic imine (C=N–C) groups is 2. The van der Waals surface area contributed by atoms with Crippen molar-refractivity contribution in [3.05, 3.63) is 20.2 Å². The highest BCUT2D eigenvalue weighted by atomic mass is 16.9. The van der Waals surface area contributed by atoms with Crippen molar-refractivity contribution >= 4 is 23.8 Å². The molecule has 0 saturated carbocycles. The van der Waals surface area contributed by atoms with Crippen molar-refractivity contribution in [1.82, 2.24) is 0 Å². The number of nitrogens with zero attached hydrogens (tertiary/aromatic N) is 8. The smallest absolute Gasteiger partial charge is 0.291 e. The minimum Gasteiger partial charge on any atom is -0.370 e. The third-order valence-electron chi connectivity index (χ3n) is 0.822. The van der Waals surface area contributed by atoms with E-state index in [2.05, 4.69) is 30.6 Å². The Kier molecular flexibility index (Phi) is 15.2. The normalized spacial score (nSPS) is 10.3. The van der Waals surface area contributed by atoms with Crippen LogP contribution in [0, 0.1) is 20.2 Å². The molecule has 20 nitrogen and oxygen atoms in total. The van der Waals surface area contributed by atoms with Gasteiger partial charge in [0.25, 0.3) is 10.2 Å². The van der Waals surface area contributed by atoms with E-state index in [1.54, 1.807) is 0 Å². The van der Waals surface area contributed by atoms with Gasteiger partial charge in [0, 0.05) is 0 Å². The van der Waals surface area contributed by atoms with Crippen LogP contribution in [0.25, 0.3) is 0 Å². The van der Waals surface area contributed by atoms with Gasteiger partial charge in [-0.05, 0) is 10.4 Å². The summed E-state index contributed by atoms with van der Waals surface area (Å²) in [5.41, 5.74) is 30.4. The molecule has 24 heavy (non-hydrogen) atoms. The van der Waals surface area contributed by atoms with Crippen molar-refractivity contribution < 1.29 is 20.6 Å². The average Bonchev–Trinajstić information content (AvgIpc) is 2.31. The minimum absolute atomic E-state index is 0.264. The Hall–Kier alpha value is -4.52. The summed E-state index contributed by atoms with van der Waals surface area (Å²) >= 11 is 0. The molecule has 0 aromatic carbocycles. The van der Waals surface area contributed by atoms with Gasteiger partial charge in [-0.1, -0.05) is 10.2 Å². The zero-order chi connectivity index (χ0) is 19.7. The number of guanidine groups is 4. The number of nitrogens with two attached hydrogens (primary N) is 6. The fourth-order valence-electron chi connectivity index (χ4n) is 0.441. The highest BCUT2D eigenvalue weighted by Crippen LogP contribution is 1.82. The van der Waals surface area contributed by atoms with Crippen LogP contribution >= 0.6 is 0 Å². The number of hydrogen-bond acceptors (Lipinski definition) is 6. The molecule has 136 valence electrons. The molecule has 0 spiro atoms. The predicted molar refractivity (Wildman–Crippen MR) is 77.3 cm³/mol. The van der Waals surface area contributed by atoms with E-state index >= 15 is 0 Å². The van der Waals surface area contributed by atoms with E-state index in [0.717, 1.165) is 0 Å².